The molecule has 0 saturated carbocycles. The van der Waals surface area contributed by atoms with Gasteiger partial charge in [0.2, 0.25) is 0 Å². The normalized spacial score (nSPS) is 11.3. The molecular weight excluding hydrogens is 297 g/mol. The Hall–Kier alpha value is -1.19. The average molecular weight is 315 g/mol. The van der Waals surface area contributed by atoms with Crippen LogP contribution in [-0.4, -0.2) is 43.4 Å². The molecule has 0 heterocycles. The van der Waals surface area contributed by atoms with Crippen molar-refractivity contribution in [3.8, 4) is 18.2 Å². The van der Waals surface area contributed by atoms with E-state index in [1.165, 1.54) is 0 Å². The molecule has 0 aromatic carbocycles. The van der Waals surface area contributed by atoms with Crippen LogP contribution in [0.4, 0.5) is 0 Å². The van der Waals surface area contributed by atoms with Crippen molar-refractivity contribution in [3.63, 3.8) is 0 Å². The number of nitrogens with zero attached hydrogens (tertiary/aromatic N) is 3. The standard InChI is InChI=1S/C12H18N3O3PS/c13-5-1-8-19(9-2-6-14,10-3-7-15)11-4-12-20(16,17)18/h1-4,8-12H2. The van der Waals surface area contributed by atoms with Gasteiger partial charge in [0.1, 0.15) is 0 Å². The largest absolute Gasteiger partial charge is 0.748 e. The van der Waals surface area contributed by atoms with Crippen LogP contribution in [0, 0.1) is 34.0 Å². The fourth-order valence-electron chi connectivity index (χ4n) is 2.11. The van der Waals surface area contributed by atoms with Crippen molar-refractivity contribution in [3.05, 3.63) is 0 Å². The maximum Gasteiger partial charge on any atom is 0.0947 e. The van der Waals surface area contributed by atoms with Crippen molar-refractivity contribution < 1.29 is 13.0 Å². The van der Waals surface area contributed by atoms with Gasteiger partial charge >= 0.3 is 0 Å². The Kier molecular flexibility index (Phi) is 9.10. The minimum absolute atomic E-state index is 0.252. The maximum absolute atomic E-state index is 10.7. The van der Waals surface area contributed by atoms with Gasteiger partial charge in [0.15, 0.2) is 0 Å². The number of rotatable bonds is 10. The second-order valence-electron chi connectivity index (χ2n) is 4.58. The summed E-state index contributed by atoms with van der Waals surface area (Å²) in [5, 5.41) is 26.2. The summed E-state index contributed by atoms with van der Waals surface area (Å²) in [7, 11) is -5.94. The number of hydrogen-bond donors (Lipinski definition) is 0. The Morgan fingerprint density at radius 3 is 1.55 bits per heavy atom. The molecule has 20 heavy (non-hydrogen) atoms. The molecule has 0 aliphatic heterocycles. The SMILES string of the molecule is N#CCC[P+](CCC#N)(CCC#N)CCCS(=O)(=O)[O-]. The maximum atomic E-state index is 10.7. The van der Waals surface area contributed by atoms with E-state index in [1.54, 1.807) is 0 Å². The fourth-order valence-corrected chi connectivity index (χ4v) is 6.71. The first kappa shape index (κ1) is 18.8. The summed E-state index contributed by atoms with van der Waals surface area (Å²) in [4.78, 5) is 0. The van der Waals surface area contributed by atoms with Gasteiger partial charge in [-0.1, -0.05) is 0 Å². The first-order valence-corrected chi connectivity index (χ1v) is 10.4. The van der Waals surface area contributed by atoms with E-state index in [2.05, 4.69) is 18.2 Å². The fraction of sp³-hybridized carbons (Fsp3) is 0.750. The third-order valence-electron chi connectivity index (χ3n) is 3.12. The van der Waals surface area contributed by atoms with Gasteiger partial charge in [-0.05, 0) is 6.42 Å². The molecule has 0 spiro atoms. The van der Waals surface area contributed by atoms with Gasteiger partial charge in [-0.15, -0.1) is 0 Å². The molecular formula is C12H18N3O3PS. The van der Waals surface area contributed by atoms with Crippen LogP contribution in [0.2, 0.25) is 0 Å². The lowest BCUT2D eigenvalue weighted by atomic mass is 10.5. The first-order valence-electron chi connectivity index (χ1n) is 6.29. The van der Waals surface area contributed by atoms with Crippen LogP contribution in [-0.2, 0) is 10.1 Å². The van der Waals surface area contributed by atoms with Crippen LogP contribution in [0.25, 0.3) is 0 Å². The van der Waals surface area contributed by atoms with Crippen LogP contribution in [0.1, 0.15) is 25.7 Å². The Morgan fingerprint density at radius 1 is 0.850 bits per heavy atom. The van der Waals surface area contributed by atoms with Gasteiger partial charge in [-0.3, -0.25) is 0 Å². The van der Waals surface area contributed by atoms with E-state index in [0.29, 0.717) is 43.9 Å². The lowest BCUT2D eigenvalue weighted by molar-refractivity contribution is 0.462. The number of nitriles is 3. The molecule has 0 rings (SSSR count). The molecule has 0 aromatic rings. The van der Waals surface area contributed by atoms with E-state index in [9.17, 15) is 13.0 Å². The highest BCUT2D eigenvalue weighted by molar-refractivity contribution is 7.85. The third kappa shape index (κ3) is 8.83. The van der Waals surface area contributed by atoms with E-state index in [0.717, 1.165) is 0 Å². The summed E-state index contributed by atoms with van der Waals surface area (Å²) >= 11 is 0. The van der Waals surface area contributed by atoms with Crippen molar-refractivity contribution in [1.29, 1.82) is 15.8 Å². The highest BCUT2D eigenvalue weighted by Gasteiger charge is 2.35. The predicted molar refractivity (Wildman–Crippen MR) is 76.3 cm³/mol. The molecule has 0 bridgehead atoms. The van der Waals surface area contributed by atoms with Crippen LogP contribution in [0.15, 0.2) is 0 Å². The van der Waals surface area contributed by atoms with Crippen molar-refractivity contribution in [1.82, 2.24) is 0 Å². The van der Waals surface area contributed by atoms with E-state index < -0.39 is 23.1 Å². The lowest BCUT2D eigenvalue weighted by Gasteiger charge is -2.25. The van der Waals surface area contributed by atoms with Gasteiger partial charge < -0.3 is 4.55 Å². The molecule has 0 fully saturated rings. The summed E-state index contributed by atoms with van der Waals surface area (Å²) in [6.07, 6.45) is 3.73. The Labute approximate surface area is 121 Å². The van der Waals surface area contributed by atoms with Crippen LogP contribution in [0.5, 0.6) is 0 Å². The molecule has 8 heteroatoms. The van der Waals surface area contributed by atoms with E-state index in [1.807, 2.05) is 0 Å². The highest BCUT2D eigenvalue weighted by Crippen LogP contribution is 2.60. The summed E-state index contributed by atoms with van der Waals surface area (Å²) < 4.78 is 32.0. The van der Waals surface area contributed by atoms with Crippen molar-refractivity contribution in [2.75, 3.05) is 30.4 Å². The van der Waals surface area contributed by atoms with Crippen LogP contribution >= 0.6 is 7.26 Å². The van der Waals surface area contributed by atoms with Gasteiger partial charge in [-0.2, -0.15) is 15.8 Å². The van der Waals surface area contributed by atoms with Gasteiger partial charge in [-0.25, -0.2) is 8.42 Å². The second kappa shape index (κ2) is 9.67. The zero-order valence-electron chi connectivity index (χ0n) is 11.3. The predicted octanol–water partition coefficient (Wildman–Crippen LogP) is 1.68. The first-order chi connectivity index (χ1) is 9.39. The Bertz CT molecular complexity index is 468. The molecule has 0 saturated heterocycles. The average Bonchev–Trinajstić information content (AvgIpc) is 2.38. The van der Waals surface area contributed by atoms with Gasteiger partial charge in [0.05, 0.1) is 72.2 Å². The minimum Gasteiger partial charge on any atom is -0.748 e. The monoisotopic (exact) mass is 315 g/mol. The quantitative estimate of drug-likeness (QED) is 0.445. The molecule has 6 nitrogen and oxygen atoms in total. The van der Waals surface area contributed by atoms with E-state index >= 15 is 0 Å². The Balaban J connectivity index is 4.81. The molecule has 0 aromatic heterocycles. The molecule has 0 amide bonds. The molecule has 0 radical (unpaired) electrons. The van der Waals surface area contributed by atoms with Crippen molar-refractivity contribution in [2.45, 2.75) is 25.7 Å². The molecule has 0 atom stereocenters. The molecule has 0 N–H and O–H groups in total. The summed E-state index contributed by atoms with van der Waals surface area (Å²) in [6, 6.07) is 6.19. The Morgan fingerprint density at radius 2 is 1.25 bits per heavy atom. The third-order valence-corrected chi connectivity index (χ3v) is 8.69. The summed E-state index contributed by atoms with van der Waals surface area (Å²) in [5.41, 5.74) is 0. The van der Waals surface area contributed by atoms with Gasteiger partial charge in [0.25, 0.3) is 0 Å². The zero-order valence-corrected chi connectivity index (χ0v) is 13.0. The molecule has 110 valence electrons. The summed E-state index contributed by atoms with van der Waals surface area (Å²) in [5.74, 6) is -0.416. The second-order valence-corrected chi connectivity index (χ2v) is 10.6. The van der Waals surface area contributed by atoms with E-state index in [-0.39, 0.29) is 6.42 Å². The topological polar surface area (TPSA) is 129 Å². The minimum atomic E-state index is -4.24. The molecule has 0 aliphatic carbocycles. The zero-order chi connectivity index (χ0) is 15.5. The van der Waals surface area contributed by atoms with Crippen LogP contribution < -0.4 is 0 Å². The highest BCUT2D eigenvalue weighted by atomic mass is 32.2. The van der Waals surface area contributed by atoms with Crippen LogP contribution in [0.3, 0.4) is 0 Å². The van der Waals surface area contributed by atoms with E-state index in [4.69, 9.17) is 15.8 Å². The van der Waals surface area contributed by atoms with Gasteiger partial charge in [0, 0.05) is 13.0 Å². The lowest BCUT2D eigenvalue weighted by Crippen LogP contribution is -2.15. The number of hydrogen-bond acceptors (Lipinski definition) is 6. The van der Waals surface area contributed by atoms with Crippen molar-refractivity contribution in [2.24, 2.45) is 0 Å². The molecule has 0 unspecified atom stereocenters. The molecule has 0 aliphatic rings. The summed E-state index contributed by atoms with van der Waals surface area (Å²) in [6.45, 7) is 0. The van der Waals surface area contributed by atoms with Crippen molar-refractivity contribution >= 4 is 17.4 Å². The smallest absolute Gasteiger partial charge is 0.0947 e.